The van der Waals surface area contributed by atoms with Crippen LogP contribution >= 0.6 is 33.9 Å². The quantitative estimate of drug-likeness (QED) is 0.505. The van der Waals surface area contributed by atoms with Crippen molar-refractivity contribution in [2.24, 2.45) is 0 Å². The molecule has 0 radical (unpaired) electrons. The minimum atomic E-state index is -0.703. The Hall–Kier alpha value is -0.990. The molecule has 0 bridgehead atoms. The number of thiophene rings is 1. The minimum absolute atomic E-state index is 0.0569. The van der Waals surface area contributed by atoms with E-state index in [9.17, 15) is 15.2 Å². The molecule has 0 saturated carbocycles. The number of rotatable bonds is 4. The van der Waals surface area contributed by atoms with E-state index in [-0.39, 0.29) is 12.1 Å². The van der Waals surface area contributed by atoms with Crippen molar-refractivity contribution in [1.82, 2.24) is 0 Å². The molecule has 4 nitrogen and oxygen atoms in total. The van der Waals surface area contributed by atoms with E-state index in [0.29, 0.717) is 5.56 Å². The summed E-state index contributed by atoms with van der Waals surface area (Å²) in [6.07, 6.45) is -0.449. The standard InChI is InChI=1S/C12H10INO3S/c13-12-6-9(7-18-12)11(15)5-8-3-1-2-4-10(8)14(16)17/h1-4,6-7,11,15H,5H2. The Labute approximate surface area is 122 Å². The normalized spacial score (nSPS) is 12.3. The number of benzene rings is 1. The van der Waals surface area contributed by atoms with Crippen molar-refractivity contribution in [2.75, 3.05) is 0 Å². The summed E-state index contributed by atoms with van der Waals surface area (Å²) in [6.45, 7) is 0. The Bertz CT molecular complexity index is 570. The van der Waals surface area contributed by atoms with Gasteiger partial charge in [-0.3, -0.25) is 10.1 Å². The zero-order chi connectivity index (χ0) is 13.1. The Balaban J connectivity index is 2.21. The molecule has 0 aliphatic carbocycles. The Morgan fingerprint density at radius 1 is 1.44 bits per heavy atom. The average Bonchev–Trinajstić information content (AvgIpc) is 2.76. The van der Waals surface area contributed by atoms with Crippen LogP contribution in [-0.4, -0.2) is 10.0 Å². The van der Waals surface area contributed by atoms with E-state index in [0.717, 1.165) is 8.45 Å². The van der Waals surface area contributed by atoms with E-state index < -0.39 is 11.0 Å². The topological polar surface area (TPSA) is 63.4 Å². The molecule has 1 aromatic carbocycles. The van der Waals surface area contributed by atoms with Crippen molar-refractivity contribution in [3.05, 3.63) is 59.8 Å². The summed E-state index contributed by atoms with van der Waals surface area (Å²) in [5.41, 5.74) is 1.42. The molecule has 1 N–H and O–H groups in total. The van der Waals surface area contributed by atoms with Crippen LogP contribution in [0.1, 0.15) is 17.2 Å². The van der Waals surface area contributed by atoms with Crippen LogP contribution in [0.4, 0.5) is 5.69 Å². The molecule has 1 unspecified atom stereocenters. The zero-order valence-corrected chi connectivity index (χ0v) is 12.2. The number of hydrogen-bond acceptors (Lipinski definition) is 4. The monoisotopic (exact) mass is 375 g/mol. The van der Waals surface area contributed by atoms with Crippen molar-refractivity contribution < 1.29 is 10.0 Å². The van der Waals surface area contributed by atoms with E-state index in [1.807, 2.05) is 11.4 Å². The number of hydrogen-bond donors (Lipinski definition) is 1. The number of nitrogens with zero attached hydrogens (tertiary/aromatic N) is 1. The highest BCUT2D eigenvalue weighted by molar-refractivity contribution is 14.1. The first-order valence-corrected chi connectivity index (χ1v) is 7.18. The molecular weight excluding hydrogens is 365 g/mol. The van der Waals surface area contributed by atoms with Crippen molar-refractivity contribution in [2.45, 2.75) is 12.5 Å². The Morgan fingerprint density at radius 2 is 2.17 bits per heavy atom. The summed E-state index contributed by atoms with van der Waals surface area (Å²) < 4.78 is 1.09. The van der Waals surface area contributed by atoms with Gasteiger partial charge in [0.1, 0.15) is 0 Å². The van der Waals surface area contributed by atoms with Gasteiger partial charge in [0, 0.05) is 18.1 Å². The molecule has 2 rings (SSSR count). The second kappa shape index (κ2) is 5.77. The van der Waals surface area contributed by atoms with Gasteiger partial charge in [-0.25, -0.2) is 0 Å². The molecule has 1 aromatic heterocycles. The van der Waals surface area contributed by atoms with Gasteiger partial charge in [-0.1, -0.05) is 18.2 Å². The molecule has 0 aliphatic heterocycles. The highest BCUT2D eigenvalue weighted by Crippen LogP contribution is 2.28. The van der Waals surface area contributed by atoms with E-state index in [1.54, 1.807) is 29.5 Å². The second-order valence-corrected chi connectivity index (χ2v) is 6.60. The van der Waals surface area contributed by atoms with Gasteiger partial charge in [-0.15, -0.1) is 11.3 Å². The number of aliphatic hydroxyl groups excluding tert-OH is 1. The fourth-order valence-corrected chi connectivity index (χ4v) is 3.10. The maximum Gasteiger partial charge on any atom is 0.272 e. The van der Waals surface area contributed by atoms with Crippen LogP contribution in [0, 0.1) is 13.0 Å². The molecule has 1 atom stereocenters. The third-order valence-corrected chi connectivity index (χ3v) is 4.38. The lowest BCUT2D eigenvalue weighted by Crippen LogP contribution is -2.03. The highest BCUT2D eigenvalue weighted by Gasteiger charge is 2.17. The largest absolute Gasteiger partial charge is 0.388 e. The lowest BCUT2D eigenvalue weighted by Gasteiger charge is -2.09. The predicted octanol–water partition coefficient (Wildman–Crippen LogP) is 3.54. The fraction of sp³-hybridized carbons (Fsp3) is 0.167. The first-order chi connectivity index (χ1) is 8.58. The number of nitro groups is 1. The molecule has 6 heteroatoms. The molecule has 0 aliphatic rings. The van der Waals surface area contributed by atoms with Gasteiger partial charge in [0.15, 0.2) is 0 Å². The molecular formula is C12H10INO3S. The molecule has 0 fully saturated rings. The first-order valence-electron chi connectivity index (χ1n) is 5.22. The summed E-state index contributed by atoms with van der Waals surface area (Å²) >= 11 is 3.73. The number of para-hydroxylation sites is 1. The maximum atomic E-state index is 10.9. The third kappa shape index (κ3) is 3.06. The molecule has 94 valence electrons. The average molecular weight is 375 g/mol. The lowest BCUT2D eigenvalue weighted by molar-refractivity contribution is -0.385. The summed E-state index contributed by atoms with van der Waals surface area (Å²) in [4.78, 5) is 10.5. The van der Waals surface area contributed by atoms with Crippen molar-refractivity contribution >= 4 is 39.6 Å². The maximum absolute atomic E-state index is 10.9. The second-order valence-electron chi connectivity index (χ2n) is 3.79. The fourth-order valence-electron chi connectivity index (χ4n) is 1.69. The molecule has 0 spiro atoms. The first kappa shape index (κ1) is 13.4. The van der Waals surface area contributed by atoms with Crippen LogP contribution in [0.25, 0.3) is 0 Å². The molecule has 1 heterocycles. The van der Waals surface area contributed by atoms with E-state index >= 15 is 0 Å². The van der Waals surface area contributed by atoms with Gasteiger partial charge in [0.25, 0.3) is 5.69 Å². The van der Waals surface area contributed by atoms with Crippen molar-refractivity contribution in [3.63, 3.8) is 0 Å². The zero-order valence-electron chi connectivity index (χ0n) is 9.25. The molecule has 18 heavy (non-hydrogen) atoms. The molecule has 0 saturated heterocycles. The van der Waals surface area contributed by atoms with Gasteiger partial charge in [-0.2, -0.15) is 0 Å². The SMILES string of the molecule is O=[N+]([O-])c1ccccc1CC(O)c1csc(I)c1. The van der Waals surface area contributed by atoms with Crippen LogP contribution < -0.4 is 0 Å². The van der Waals surface area contributed by atoms with Crippen LogP contribution in [0.15, 0.2) is 35.7 Å². The van der Waals surface area contributed by atoms with Gasteiger partial charge in [0.2, 0.25) is 0 Å². The van der Waals surface area contributed by atoms with Crippen LogP contribution in [0.5, 0.6) is 0 Å². The van der Waals surface area contributed by atoms with Gasteiger partial charge >= 0.3 is 0 Å². The number of halogens is 1. The van der Waals surface area contributed by atoms with Crippen molar-refractivity contribution in [1.29, 1.82) is 0 Å². The van der Waals surface area contributed by atoms with Crippen molar-refractivity contribution in [3.8, 4) is 0 Å². The smallest absolute Gasteiger partial charge is 0.272 e. The Kier molecular flexibility index (Phi) is 4.31. The van der Waals surface area contributed by atoms with Gasteiger partial charge in [0.05, 0.1) is 13.9 Å². The molecule has 0 amide bonds. The van der Waals surface area contributed by atoms with Gasteiger partial charge < -0.3 is 5.11 Å². The number of aliphatic hydroxyl groups is 1. The Morgan fingerprint density at radius 3 is 2.78 bits per heavy atom. The van der Waals surface area contributed by atoms with E-state index in [4.69, 9.17) is 0 Å². The summed E-state index contributed by atoms with van der Waals surface area (Å²) in [6, 6.07) is 8.40. The van der Waals surface area contributed by atoms with E-state index in [2.05, 4.69) is 22.6 Å². The summed E-state index contributed by atoms with van der Waals surface area (Å²) in [5.74, 6) is 0. The number of nitro benzene ring substituents is 1. The third-order valence-electron chi connectivity index (χ3n) is 2.57. The van der Waals surface area contributed by atoms with Crippen LogP contribution in [0.3, 0.4) is 0 Å². The lowest BCUT2D eigenvalue weighted by atomic mass is 10.0. The van der Waals surface area contributed by atoms with Gasteiger partial charge in [-0.05, 0) is 39.6 Å². The summed E-state index contributed by atoms with van der Waals surface area (Å²) in [5, 5.41) is 22.8. The highest BCUT2D eigenvalue weighted by atomic mass is 127. The predicted molar refractivity (Wildman–Crippen MR) is 78.8 cm³/mol. The summed E-state index contributed by atoms with van der Waals surface area (Å²) in [7, 11) is 0. The van der Waals surface area contributed by atoms with Crippen LogP contribution in [-0.2, 0) is 6.42 Å². The van der Waals surface area contributed by atoms with Crippen LogP contribution in [0.2, 0.25) is 0 Å². The minimum Gasteiger partial charge on any atom is -0.388 e. The molecule has 2 aromatic rings. The van der Waals surface area contributed by atoms with E-state index in [1.165, 1.54) is 6.07 Å².